The van der Waals surface area contributed by atoms with Crippen LogP contribution in [0.2, 0.25) is 5.02 Å². The van der Waals surface area contributed by atoms with E-state index in [4.69, 9.17) is 16.3 Å². The lowest BCUT2D eigenvalue weighted by atomic mass is 9.73. The van der Waals surface area contributed by atoms with E-state index >= 15 is 0 Å². The molecule has 2 saturated heterocycles. The summed E-state index contributed by atoms with van der Waals surface area (Å²) in [6.45, 7) is 6.39. The van der Waals surface area contributed by atoms with Gasteiger partial charge in [0.15, 0.2) is 0 Å². The van der Waals surface area contributed by atoms with Crippen LogP contribution in [0.25, 0.3) is 0 Å². The molecular weight excluding hydrogens is 576 g/mol. The highest BCUT2D eigenvalue weighted by Crippen LogP contribution is 2.55. The third-order valence-electron chi connectivity index (χ3n) is 10.3. The van der Waals surface area contributed by atoms with E-state index < -0.39 is 29.6 Å². The van der Waals surface area contributed by atoms with Crippen LogP contribution in [0.1, 0.15) is 45.1 Å². The molecule has 2 aromatic carbocycles. The number of carbonyl (C=O) groups is 3. The van der Waals surface area contributed by atoms with Gasteiger partial charge in [-0.2, -0.15) is 0 Å². The van der Waals surface area contributed by atoms with Gasteiger partial charge in [0.1, 0.15) is 11.6 Å². The standard InChI is InChI=1S/C35H43ClN4O4/c1-22-9-7-12-27(23(22)2)38-33(42)31-35-18-17-28(44-35)29(32(41)37-26-15-13-25(36)14-16-26)30(35)34(43)40(31)20-8-19-39(3)21-24-10-5-4-6-11-24/h4-6,10-11,13-18,22-23,27-31H,7-9,12,19-21H2,1-3H3,(H,37,41)(H,38,42)/t22-,23-,27+,28+,29+,30+,31+,35+/m1/s1. The smallest absolute Gasteiger partial charge is 0.246 e. The van der Waals surface area contributed by atoms with Crippen LogP contribution in [-0.2, 0) is 25.7 Å². The molecule has 0 aromatic heterocycles. The summed E-state index contributed by atoms with van der Waals surface area (Å²) in [6, 6.07) is 16.4. The predicted octanol–water partition coefficient (Wildman–Crippen LogP) is 4.89. The van der Waals surface area contributed by atoms with Crippen molar-refractivity contribution in [2.75, 3.05) is 25.5 Å². The van der Waals surface area contributed by atoms with Crippen LogP contribution in [0.3, 0.4) is 0 Å². The van der Waals surface area contributed by atoms with E-state index in [2.05, 4.69) is 48.6 Å². The monoisotopic (exact) mass is 618 g/mol. The summed E-state index contributed by atoms with van der Waals surface area (Å²) < 4.78 is 6.53. The number of hydrogen-bond donors (Lipinski definition) is 2. The number of rotatable bonds is 10. The number of likely N-dealkylation sites (tertiary alicyclic amines) is 1. The Morgan fingerprint density at radius 2 is 1.82 bits per heavy atom. The third kappa shape index (κ3) is 5.80. The number of carbonyl (C=O) groups excluding carboxylic acids is 3. The van der Waals surface area contributed by atoms with Crippen molar-refractivity contribution in [1.29, 1.82) is 0 Å². The van der Waals surface area contributed by atoms with Crippen molar-refractivity contribution < 1.29 is 19.1 Å². The molecule has 3 fully saturated rings. The summed E-state index contributed by atoms with van der Waals surface area (Å²) >= 11 is 6.04. The third-order valence-corrected chi connectivity index (χ3v) is 10.6. The Hall–Kier alpha value is -3.20. The topological polar surface area (TPSA) is 91.0 Å². The van der Waals surface area contributed by atoms with E-state index in [-0.39, 0.29) is 23.8 Å². The highest BCUT2D eigenvalue weighted by molar-refractivity contribution is 6.30. The van der Waals surface area contributed by atoms with Crippen molar-refractivity contribution in [2.24, 2.45) is 23.7 Å². The lowest BCUT2D eigenvalue weighted by Gasteiger charge is -2.38. The largest absolute Gasteiger partial charge is 0.359 e. The molecule has 0 unspecified atom stereocenters. The second-order valence-corrected chi connectivity index (χ2v) is 13.6. The summed E-state index contributed by atoms with van der Waals surface area (Å²) in [7, 11) is 2.06. The number of fused-ring (bicyclic) bond motifs is 1. The number of halogens is 1. The zero-order valence-corrected chi connectivity index (χ0v) is 26.5. The maximum absolute atomic E-state index is 14.3. The second-order valence-electron chi connectivity index (χ2n) is 13.2. The van der Waals surface area contributed by atoms with Gasteiger partial charge in [0.25, 0.3) is 0 Å². The molecule has 2 N–H and O–H groups in total. The molecule has 3 heterocycles. The van der Waals surface area contributed by atoms with Crippen molar-refractivity contribution in [3.63, 3.8) is 0 Å². The average Bonchev–Trinajstić information content (AvgIpc) is 3.64. The molecule has 1 spiro atoms. The maximum Gasteiger partial charge on any atom is 0.246 e. The summed E-state index contributed by atoms with van der Waals surface area (Å²) in [5.41, 5.74) is 0.644. The first-order chi connectivity index (χ1) is 21.2. The van der Waals surface area contributed by atoms with Crippen molar-refractivity contribution >= 4 is 35.0 Å². The van der Waals surface area contributed by atoms with Gasteiger partial charge in [-0.3, -0.25) is 14.4 Å². The van der Waals surface area contributed by atoms with Crippen LogP contribution in [0.5, 0.6) is 0 Å². The van der Waals surface area contributed by atoms with Gasteiger partial charge < -0.3 is 25.2 Å². The fourth-order valence-corrected chi connectivity index (χ4v) is 7.93. The lowest BCUT2D eigenvalue weighted by molar-refractivity contribution is -0.141. The Bertz CT molecular complexity index is 1400. The Balaban J connectivity index is 1.22. The second kappa shape index (κ2) is 12.7. The van der Waals surface area contributed by atoms with E-state index in [1.165, 1.54) is 5.56 Å². The molecule has 1 aliphatic carbocycles. The maximum atomic E-state index is 14.3. The normalized spacial score (nSPS) is 32.2. The Morgan fingerprint density at radius 3 is 2.57 bits per heavy atom. The quantitative estimate of drug-likeness (QED) is 0.370. The van der Waals surface area contributed by atoms with Crippen molar-refractivity contribution in [1.82, 2.24) is 15.1 Å². The number of nitrogens with zero attached hydrogens (tertiary/aromatic N) is 2. The molecular formula is C35H43ClN4O4. The van der Waals surface area contributed by atoms with Gasteiger partial charge in [0, 0.05) is 29.8 Å². The summed E-state index contributed by atoms with van der Waals surface area (Å²) in [5.74, 6) is -1.32. The summed E-state index contributed by atoms with van der Waals surface area (Å²) in [5, 5.41) is 6.85. The minimum Gasteiger partial charge on any atom is -0.359 e. The van der Waals surface area contributed by atoms with Gasteiger partial charge in [-0.25, -0.2) is 0 Å². The molecule has 44 heavy (non-hydrogen) atoms. The number of benzene rings is 2. The molecule has 0 radical (unpaired) electrons. The molecule has 8 atom stereocenters. The lowest BCUT2D eigenvalue weighted by Crippen LogP contribution is -2.58. The van der Waals surface area contributed by atoms with Crippen LogP contribution in [-0.4, -0.2) is 71.4 Å². The minimum absolute atomic E-state index is 0.0437. The molecule has 3 amide bonds. The van der Waals surface area contributed by atoms with Crippen LogP contribution in [0.4, 0.5) is 5.69 Å². The SMILES string of the molecule is C[C@@H]1[C@H](C)CCC[C@@H]1NC(=O)[C@@H]1N(CCCN(C)Cc2ccccc2)C(=O)[C@@H]2[C@@H](C(=O)Nc3ccc(Cl)cc3)[C@@H]3C=C[C@]21O3. The molecule has 4 aliphatic rings. The van der Waals surface area contributed by atoms with E-state index in [0.717, 1.165) is 32.4 Å². The summed E-state index contributed by atoms with van der Waals surface area (Å²) in [6.07, 6.45) is 7.00. The number of ether oxygens (including phenoxy) is 1. The van der Waals surface area contributed by atoms with Crippen LogP contribution in [0.15, 0.2) is 66.7 Å². The zero-order chi connectivity index (χ0) is 31.0. The first kappa shape index (κ1) is 30.8. The fraction of sp³-hybridized carbons (Fsp3) is 0.514. The first-order valence-electron chi connectivity index (χ1n) is 15.9. The molecule has 234 valence electrons. The summed E-state index contributed by atoms with van der Waals surface area (Å²) in [4.78, 5) is 46.1. The van der Waals surface area contributed by atoms with E-state index in [1.807, 2.05) is 30.4 Å². The fourth-order valence-electron chi connectivity index (χ4n) is 7.80. The molecule has 2 aromatic rings. The Kier molecular flexibility index (Phi) is 8.86. The van der Waals surface area contributed by atoms with Gasteiger partial charge in [-0.1, -0.05) is 80.8 Å². The average molecular weight is 619 g/mol. The zero-order valence-electron chi connectivity index (χ0n) is 25.7. The van der Waals surface area contributed by atoms with E-state index in [1.54, 1.807) is 29.2 Å². The number of hydrogen-bond acceptors (Lipinski definition) is 5. The predicted molar refractivity (Wildman–Crippen MR) is 171 cm³/mol. The minimum atomic E-state index is -1.17. The van der Waals surface area contributed by atoms with Crippen LogP contribution in [0, 0.1) is 23.7 Å². The van der Waals surface area contributed by atoms with Gasteiger partial charge in [0.2, 0.25) is 17.7 Å². The highest BCUT2D eigenvalue weighted by atomic mass is 35.5. The van der Waals surface area contributed by atoms with Crippen LogP contribution < -0.4 is 10.6 Å². The Labute approximate surface area is 265 Å². The number of anilines is 1. The van der Waals surface area contributed by atoms with Gasteiger partial charge in [-0.15, -0.1) is 0 Å². The van der Waals surface area contributed by atoms with Gasteiger partial charge in [-0.05, 0) is 68.1 Å². The van der Waals surface area contributed by atoms with E-state index in [0.29, 0.717) is 35.5 Å². The molecule has 3 aliphatic heterocycles. The van der Waals surface area contributed by atoms with Crippen molar-refractivity contribution in [3.05, 3.63) is 77.3 Å². The van der Waals surface area contributed by atoms with Gasteiger partial charge >= 0.3 is 0 Å². The van der Waals surface area contributed by atoms with Crippen molar-refractivity contribution in [3.8, 4) is 0 Å². The molecule has 6 rings (SSSR count). The molecule has 1 saturated carbocycles. The number of amides is 3. The van der Waals surface area contributed by atoms with Crippen molar-refractivity contribution in [2.45, 2.75) is 69.9 Å². The van der Waals surface area contributed by atoms with Crippen LogP contribution >= 0.6 is 11.6 Å². The van der Waals surface area contributed by atoms with Gasteiger partial charge in [0.05, 0.1) is 17.9 Å². The first-order valence-corrected chi connectivity index (χ1v) is 16.3. The molecule has 2 bridgehead atoms. The number of nitrogens with one attached hydrogen (secondary N) is 2. The molecule has 8 nitrogen and oxygen atoms in total. The van der Waals surface area contributed by atoms with E-state index in [9.17, 15) is 14.4 Å². The molecule has 9 heteroatoms. The highest BCUT2D eigenvalue weighted by Gasteiger charge is 2.72. The Morgan fingerprint density at radius 1 is 1.07 bits per heavy atom.